The molecule has 1 saturated heterocycles. The van der Waals surface area contributed by atoms with Gasteiger partial charge in [0, 0.05) is 17.1 Å². The predicted octanol–water partition coefficient (Wildman–Crippen LogP) is 2.81. The first-order chi connectivity index (χ1) is 12.3. The number of nitrogens with zero attached hydrogens (tertiary/aromatic N) is 2. The third-order valence-electron chi connectivity index (χ3n) is 4.38. The number of thioether (sulfide) groups is 1. The van der Waals surface area contributed by atoms with Crippen LogP contribution in [0, 0.1) is 13.8 Å². The summed E-state index contributed by atoms with van der Waals surface area (Å²) in [6.45, 7) is 3.45. The fraction of sp³-hybridized carbons (Fsp3) is 0.412. The Labute approximate surface area is 157 Å². The Morgan fingerprint density at radius 1 is 1.38 bits per heavy atom. The molecule has 1 aromatic heterocycles. The molecule has 1 aromatic carbocycles. The maximum atomic E-state index is 13.0. The van der Waals surface area contributed by atoms with E-state index in [1.165, 1.54) is 4.31 Å². The Kier molecular flexibility index (Phi) is 5.40. The molecule has 0 spiro atoms. The van der Waals surface area contributed by atoms with E-state index in [2.05, 4.69) is 10.5 Å². The topological polar surface area (TPSA) is 92.5 Å². The summed E-state index contributed by atoms with van der Waals surface area (Å²) >= 11 is 1.57. The van der Waals surface area contributed by atoms with Gasteiger partial charge >= 0.3 is 0 Å². The van der Waals surface area contributed by atoms with Crippen molar-refractivity contribution < 1.29 is 17.7 Å². The summed E-state index contributed by atoms with van der Waals surface area (Å²) in [4.78, 5) is 13.8. The van der Waals surface area contributed by atoms with Gasteiger partial charge in [-0.15, -0.1) is 11.8 Å². The van der Waals surface area contributed by atoms with Gasteiger partial charge in [0.2, 0.25) is 15.9 Å². The maximum absolute atomic E-state index is 13.0. The molecule has 0 unspecified atom stereocenters. The minimum absolute atomic E-state index is 0.0570. The zero-order valence-electron chi connectivity index (χ0n) is 14.9. The first kappa shape index (κ1) is 18.9. The Morgan fingerprint density at radius 2 is 2.15 bits per heavy atom. The summed E-state index contributed by atoms with van der Waals surface area (Å²) in [7, 11) is -3.84. The van der Waals surface area contributed by atoms with Crippen LogP contribution in [0.3, 0.4) is 0 Å². The third kappa shape index (κ3) is 3.51. The average Bonchev–Trinajstić information content (AvgIpc) is 3.22. The molecule has 140 valence electrons. The largest absolute Gasteiger partial charge is 0.360 e. The lowest BCUT2D eigenvalue weighted by Crippen LogP contribution is -2.43. The molecule has 2 heterocycles. The third-order valence-corrected chi connectivity index (χ3v) is 7.26. The van der Waals surface area contributed by atoms with Gasteiger partial charge < -0.3 is 9.84 Å². The van der Waals surface area contributed by atoms with Crippen LogP contribution in [0.1, 0.15) is 24.3 Å². The van der Waals surface area contributed by atoms with Crippen LogP contribution in [0.2, 0.25) is 0 Å². The standard InChI is InChI=1S/C17H21N3O4S2/c1-11-16(12(2)24-19-11)26(22,23)20-9-5-8-15(20)17(21)18-13-6-4-7-14(10-13)25-3/h4,6-7,10,15H,5,8-9H2,1-3H3,(H,18,21)/t15-/m1/s1. The van der Waals surface area contributed by atoms with E-state index < -0.39 is 16.1 Å². The Balaban J connectivity index is 1.84. The summed E-state index contributed by atoms with van der Waals surface area (Å²) in [5.74, 6) is -0.0858. The molecule has 1 atom stereocenters. The first-order valence-electron chi connectivity index (χ1n) is 8.24. The monoisotopic (exact) mass is 395 g/mol. The maximum Gasteiger partial charge on any atom is 0.249 e. The highest BCUT2D eigenvalue weighted by molar-refractivity contribution is 7.98. The van der Waals surface area contributed by atoms with Crippen LogP contribution < -0.4 is 5.32 Å². The predicted molar refractivity (Wildman–Crippen MR) is 99.7 cm³/mol. The molecular weight excluding hydrogens is 374 g/mol. The SMILES string of the molecule is CSc1cccc(NC(=O)[C@H]2CCCN2S(=O)(=O)c2c(C)noc2C)c1. The Bertz CT molecular complexity index is 904. The molecule has 1 aliphatic rings. The number of carbonyl (C=O) groups excluding carboxylic acids is 1. The van der Waals surface area contributed by atoms with Crippen molar-refractivity contribution in [2.24, 2.45) is 0 Å². The lowest BCUT2D eigenvalue weighted by atomic mass is 10.2. The molecule has 9 heteroatoms. The number of hydrogen-bond donors (Lipinski definition) is 1. The number of hydrogen-bond acceptors (Lipinski definition) is 6. The van der Waals surface area contributed by atoms with Crippen molar-refractivity contribution in [3.05, 3.63) is 35.7 Å². The van der Waals surface area contributed by atoms with Gasteiger partial charge in [-0.25, -0.2) is 8.42 Å². The van der Waals surface area contributed by atoms with Crippen molar-refractivity contribution in [2.45, 2.75) is 42.5 Å². The van der Waals surface area contributed by atoms with Crippen molar-refractivity contribution in [3.8, 4) is 0 Å². The summed E-state index contributed by atoms with van der Waals surface area (Å²) in [5, 5.41) is 6.56. The average molecular weight is 396 g/mol. The van der Waals surface area contributed by atoms with Crippen LogP contribution in [0.4, 0.5) is 5.69 Å². The minimum atomic E-state index is -3.84. The number of rotatable bonds is 5. The molecule has 1 aliphatic heterocycles. The van der Waals surface area contributed by atoms with Crippen molar-refractivity contribution in [1.82, 2.24) is 9.46 Å². The second-order valence-corrected chi connectivity index (χ2v) is 8.86. The fourth-order valence-electron chi connectivity index (χ4n) is 3.18. The number of nitrogens with one attached hydrogen (secondary N) is 1. The number of carbonyl (C=O) groups is 1. The van der Waals surface area contributed by atoms with E-state index >= 15 is 0 Å². The molecule has 7 nitrogen and oxygen atoms in total. The van der Waals surface area contributed by atoms with E-state index in [9.17, 15) is 13.2 Å². The van der Waals surface area contributed by atoms with E-state index in [1.807, 2.05) is 24.5 Å². The molecule has 0 saturated carbocycles. The van der Waals surface area contributed by atoms with E-state index in [0.717, 1.165) is 4.90 Å². The zero-order valence-corrected chi connectivity index (χ0v) is 16.5. The zero-order chi connectivity index (χ0) is 18.9. The van der Waals surface area contributed by atoms with Crippen molar-refractivity contribution in [1.29, 1.82) is 0 Å². The Hall–Kier alpha value is -1.84. The second-order valence-electron chi connectivity index (χ2n) is 6.15. The summed E-state index contributed by atoms with van der Waals surface area (Å²) < 4.78 is 32.4. The van der Waals surface area contributed by atoms with Gasteiger partial charge in [0.15, 0.2) is 5.76 Å². The fourth-order valence-corrected chi connectivity index (χ4v) is 5.59. The number of anilines is 1. The normalized spacial score (nSPS) is 18.2. The molecule has 1 amide bonds. The molecule has 3 rings (SSSR count). The quantitative estimate of drug-likeness (QED) is 0.783. The van der Waals surface area contributed by atoms with Gasteiger partial charge in [-0.3, -0.25) is 4.79 Å². The number of benzene rings is 1. The molecule has 26 heavy (non-hydrogen) atoms. The molecule has 1 N–H and O–H groups in total. The molecule has 1 fully saturated rings. The number of amides is 1. The number of aromatic nitrogens is 1. The lowest BCUT2D eigenvalue weighted by Gasteiger charge is -2.23. The Morgan fingerprint density at radius 3 is 2.81 bits per heavy atom. The molecular formula is C17H21N3O4S2. The van der Waals surface area contributed by atoms with Crippen LogP contribution in [0.25, 0.3) is 0 Å². The summed E-state index contributed by atoms with van der Waals surface area (Å²) in [5.41, 5.74) is 0.963. The van der Waals surface area contributed by atoms with E-state index in [0.29, 0.717) is 30.8 Å². The molecule has 0 aliphatic carbocycles. The highest BCUT2D eigenvalue weighted by Crippen LogP contribution is 2.30. The number of aryl methyl sites for hydroxylation is 2. The van der Waals surface area contributed by atoms with Crippen LogP contribution in [-0.4, -0.2) is 42.6 Å². The van der Waals surface area contributed by atoms with Crippen molar-refractivity contribution in [3.63, 3.8) is 0 Å². The highest BCUT2D eigenvalue weighted by atomic mass is 32.2. The molecule has 0 radical (unpaired) electrons. The minimum Gasteiger partial charge on any atom is -0.360 e. The van der Waals surface area contributed by atoms with Gasteiger partial charge in [0.05, 0.1) is 0 Å². The van der Waals surface area contributed by atoms with Crippen molar-refractivity contribution in [2.75, 3.05) is 18.1 Å². The van der Waals surface area contributed by atoms with Gasteiger partial charge in [-0.2, -0.15) is 4.31 Å². The van der Waals surface area contributed by atoms with Crippen LogP contribution >= 0.6 is 11.8 Å². The van der Waals surface area contributed by atoms with Gasteiger partial charge in [0.25, 0.3) is 0 Å². The summed E-state index contributed by atoms with van der Waals surface area (Å²) in [6, 6.07) is 6.72. The van der Waals surface area contributed by atoms with Crippen LogP contribution in [0.5, 0.6) is 0 Å². The first-order valence-corrected chi connectivity index (χ1v) is 10.9. The molecule has 2 aromatic rings. The lowest BCUT2D eigenvalue weighted by molar-refractivity contribution is -0.119. The van der Waals surface area contributed by atoms with Crippen molar-refractivity contribution >= 4 is 33.4 Å². The van der Waals surface area contributed by atoms with E-state index in [4.69, 9.17) is 4.52 Å². The number of sulfonamides is 1. The van der Waals surface area contributed by atoms with Crippen LogP contribution in [-0.2, 0) is 14.8 Å². The summed E-state index contributed by atoms with van der Waals surface area (Å²) in [6.07, 6.45) is 3.07. The smallest absolute Gasteiger partial charge is 0.249 e. The van der Waals surface area contributed by atoms with Crippen LogP contribution in [0.15, 0.2) is 38.6 Å². The van der Waals surface area contributed by atoms with Gasteiger partial charge in [-0.05, 0) is 51.1 Å². The van der Waals surface area contributed by atoms with Gasteiger partial charge in [0.1, 0.15) is 16.6 Å². The van der Waals surface area contributed by atoms with Gasteiger partial charge in [-0.1, -0.05) is 11.2 Å². The van der Waals surface area contributed by atoms with E-state index in [-0.39, 0.29) is 16.6 Å². The van der Waals surface area contributed by atoms with E-state index in [1.54, 1.807) is 31.7 Å². The highest BCUT2D eigenvalue weighted by Gasteiger charge is 2.41. The molecule has 0 bridgehead atoms. The second kappa shape index (κ2) is 7.42.